The second-order valence-electron chi connectivity index (χ2n) is 3.92. The van der Waals surface area contributed by atoms with E-state index in [1.807, 2.05) is 0 Å². The Morgan fingerprint density at radius 1 is 1.39 bits per heavy atom. The minimum absolute atomic E-state index is 0.0285. The van der Waals surface area contributed by atoms with Gasteiger partial charge in [-0.3, -0.25) is 4.68 Å². The molecule has 0 saturated carbocycles. The van der Waals surface area contributed by atoms with Gasteiger partial charge in [0.2, 0.25) is 0 Å². The lowest BCUT2D eigenvalue weighted by atomic mass is 10.1. The van der Waals surface area contributed by atoms with Crippen LogP contribution in [-0.4, -0.2) is 30.8 Å². The first kappa shape index (κ1) is 10.5. The summed E-state index contributed by atoms with van der Waals surface area (Å²) >= 11 is 0. The summed E-state index contributed by atoms with van der Waals surface area (Å²) in [4.78, 5) is 18.9. The molecule has 7 heteroatoms. The van der Waals surface area contributed by atoms with Crippen LogP contribution in [0.1, 0.15) is 10.5 Å². The first-order chi connectivity index (χ1) is 8.58. The zero-order valence-corrected chi connectivity index (χ0v) is 9.45. The molecule has 7 nitrogen and oxygen atoms in total. The molecule has 0 aromatic carbocycles. The van der Waals surface area contributed by atoms with Gasteiger partial charge in [-0.2, -0.15) is 5.10 Å². The average molecular weight is 243 g/mol. The van der Waals surface area contributed by atoms with Crippen LogP contribution in [0.2, 0.25) is 0 Å². The van der Waals surface area contributed by atoms with Gasteiger partial charge in [-0.15, -0.1) is 0 Å². The van der Waals surface area contributed by atoms with Crippen molar-refractivity contribution >= 4 is 33.6 Å². The van der Waals surface area contributed by atoms with Crippen molar-refractivity contribution in [3.63, 3.8) is 0 Å². The lowest BCUT2D eigenvalue weighted by Gasteiger charge is -2.04. The van der Waals surface area contributed by atoms with E-state index in [9.17, 15) is 4.79 Å². The summed E-state index contributed by atoms with van der Waals surface area (Å²) in [7, 11) is 1.76. The van der Waals surface area contributed by atoms with E-state index in [4.69, 9.17) is 10.8 Å². The number of aromatic nitrogens is 4. The van der Waals surface area contributed by atoms with Crippen LogP contribution in [0, 0.1) is 0 Å². The quantitative estimate of drug-likeness (QED) is 0.654. The zero-order valence-electron chi connectivity index (χ0n) is 9.45. The monoisotopic (exact) mass is 243 g/mol. The summed E-state index contributed by atoms with van der Waals surface area (Å²) in [5.41, 5.74) is 7.06. The lowest BCUT2D eigenvalue weighted by molar-refractivity contribution is 0.0691. The lowest BCUT2D eigenvalue weighted by Crippen LogP contribution is -2.02. The van der Waals surface area contributed by atoms with Gasteiger partial charge in [0.05, 0.1) is 17.9 Å². The highest BCUT2D eigenvalue weighted by Crippen LogP contribution is 2.27. The number of fused-ring (bicyclic) bond motifs is 3. The summed E-state index contributed by atoms with van der Waals surface area (Å²) in [6, 6.07) is 1.48. The largest absolute Gasteiger partial charge is 0.477 e. The van der Waals surface area contributed by atoms with Gasteiger partial charge < -0.3 is 10.8 Å². The molecule has 0 aliphatic rings. The number of hydrogen-bond donors (Lipinski definition) is 2. The molecule has 0 unspecified atom stereocenters. The molecule has 3 aromatic heterocycles. The highest BCUT2D eigenvalue weighted by molar-refractivity contribution is 6.09. The number of carbonyl (C=O) groups is 1. The van der Waals surface area contributed by atoms with E-state index >= 15 is 0 Å². The molecule has 0 atom stereocenters. The second kappa shape index (κ2) is 3.39. The predicted molar refractivity (Wildman–Crippen MR) is 65.2 cm³/mol. The third-order valence-electron chi connectivity index (χ3n) is 2.81. The Bertz CT molecular complexity index is 793. The molecule has 0 fully saturated rings. The first-order valence-corrected chi connectivity index (χ1v) is 5.18. The highest BCUT2D eigenvalue weighted by atomic mass is 16.4. The molecule has 3 N–H and O–H groups in total. The molecular weight excluding hydrogens is 234 g/mol. The maximum Gasteiger partial charge on any atom is 0.354 e. The Balaban J connectivity index is 2.50. The summed E-state index contributed by atoms with van der Waals surface area (Å²) in [5.74, 6) is -0.729. The molecule has 0 aliphatic carbocycles. The Morgan fingerprint density at radius 3 is 2.89 bits per heavy atom. The van der Waals surface area contributed by atoms with Crippen molar-refractivity contribution in [2.24, 2.45) is 7.05 Å². The van der Waals surface area contributed by atoms with Crippen LogP contribution >= 0.6 is 0 Å². The number of carboxylic acids is 1. The summed E-state index contributed by atoms with van der Waals surface area (Å²) in [6.07, 6.45) is 3.04. The number of anilines is 1. The standard InChI is InChI=1S/C11H9N5O2/c1-16-9-6(3-14-16)5-2-7(11(17)18)13-4-8(5)15-10(9)12/h2-4H,1H3,(H2,12,15)(H,17,18). The number of rotatable bonds is 1. The van der Waals surface area contributed by atoms with Crippen molar-refractivity contribution in [3.05, 3.63) is 24.2 Å². The molecule has 0 bridgehead atoms. The summed E-state index contributed by atoms with van der Waals surface area (Å²) in [5, 5.41) is 14.5. The fraction of sp³-hybridized carbons (Fsp3) is 0.0909. The first-order valence-electron chi connectivity index (χ1n) is 5.18. The Labute approximate surface area is 101 Å². The van der Waals surface area contributed by atoms with Gasteiger partial charge in [0, 0.05) is 17.8 Å². The average Bonchev–Trinajstić information content (AvgIpc) is 2.72. The molecule has 90 valence electrons. The van der Waals surface area contributed by atoms with E-state index in [0.29, 0.717) is 22.2 Å². The molecule has 3 rings (SSSR count). The molecule has 18 heavy (non-hydrogen) atoms. The van der Waals surface area contributed by atoms with Gasteiger partial charge in [-0.25, -0.2) is 14.8 Å². The van der Waals surface area contributed by atoms with Crippen LogP contribution in [0.15, 0.2) is 18.5 Å². The van der Waals surface area contributed by atoms with Crippen molar-refractivity contribution in [1.82, 2.24) is 19.7 Å². The number of aryl methyl sites for hydroxylation is 1. The van der Waals surface area contributed by atoms with Gasteiger partial charge in [0.15, 0.2) is 0 Å². The predicted octanol–water partition coefficient (Wildman–Crippen LogP) is 0.797. The third-order valence-corrected chi connectivity index (χ3v) is 2.81. The molecule has 0 aliphatic heterocycles. The maximum absolute atomic E-state index is 10.9. The summed E-state index contributed by atoms with van der Waals surface area (Å²) in [6.45, 7) is 0. The van der Waals surface area contributed by atoms with E-state index < -0.39 is 5.97 Å². The Hall–Kier alpha value is -2.70. The van der Waals surface area contributed by atoms with Crippen LogP contribution in [-0.2, 0) is 7.05 Å². The number of hydrogen-bond acceptors (Lipinski definition) is 5. The van der Waals surface area contributed by atoms with Gasteiger partial charge in [-0.1, -0.05) is 0 Å². The van der Waals surface area contributed by atoms with Gasteiger partial charge in [-0.05, 0) is 6.07 Å². The molecule has 0 radical (unpaired) electrons. The normalized spacial score (nSPS) is 11.2. The minimum Gasteiger partial charge on any atom is -0.477 e. The van der Waals surface area contributed by atoms with E-state index in [2.05, 4.69) is 15.1 Å². The number of carboxylic acid groups (broad SMARTS) is 1. The maximum atomic E-state index is 10.9. The molecular formula is C11H9N5O2. The zero-order chi connectivity index (χ0) is 12.9. The number of pyridine rings is 2. The van der Waals surface area contributed by atoms with Gasteiger partial charge >= 0.3 is 5.97 Å². The van der Waals surface area contributed by atoms with E-state index in [0.717, 1.165) is 5.39 Å². The Morgan fingerprint density at radius 2 is 2.17 bits per heavy atom. The van der Waals surface area contributed by atoms with Gasteiger partial charge in [0.25, 0.3) is 0 Å². The van der Waals surface area contributed by atoms with Crippen LogP contribution in [0.4, 0.5) is 5.82 Å². The fourth-order valence-corrected chi connectivity index (χ4v) is 1.99. The number of nitrogens with zero attached hydrogens (tertiary/aromatic N) is 4. The van der Waals surface area contributed by atoms with E-state index in [1.165, 1.54) is 12.3 Å². The highest BCUT2D eigenvalue weighted by Gasteiger charge is 2.13. The molecule has 0 spiro atoms. The van der Waals surface area contributed by atoms with Crippen molar-refractivity contribution in [3.8, 4) is 0 Å². The fourth-order valence-electron chi connectivity index (χ4n) is 1.99. The van der Waals surface area contributed by atoms with Crippen LogP contribution < -0.4 is 5.73 Å². The number of nitrogens with two attached hydrogens (primary N) is 1. The molecule has 0 saturated heterocycles. The van der Waals surface area contributed by atoms with E-state index in [1.54, 1.807) is 17.9 Å². The third kappa shape index (κ3) is 1.30. The molecule has 3 heterocycles. The second-order valence-corrected chi connectivity index (χ2v) is 3.92. The van der Waals surface area contributed by atoms with Crippen molar-refractivity contribution in [2.45, 2.75) is 0 Å². The van der Waals surface area contributed by atoms with Crippen molar-refractivity contribution < 1.29 is 9.90 Å². The van der Waals surface area contributed by atoms with Crippen LogP contribution in [0.5, 0.6) is 0 Å². The van der Waals surface area contributed by atoms with Crippen molar-refractivity contribution in [2.75, 3.05) is 5.73 Å². The molecule has 3 aromatic rings. The molecule has 0 amide bonds. The van der Waals surface area contributed by atoms with E-state index in [-0.39, 0.29) is 5.69 Å². The minimum atomic E-state index is -1.08. The summed E-state index contributed by atoms with van der Waals surface area (Å²) < 4.78 is 1.61. The van der Waals surface area contributed by atoms with Gasteiger partial charge in [0.1, 0.15) is 17.0 Å². The SMILES string of the molecule is Cn1ncc2c3cc(C(=O)O)ncc3nc(N)c21. The van der Waals surface area contributed by atoms with Crippen LogP contribution in [0.25, 0.3) is 21.8 Å². The number of nitrogen functional groups attached to an aromatic ring is 1. The van der Waals surface area contributed by atoms with Crippen molar-refractivity contribution in [1.29, 1.82) is 0 Å². The number of aromatic carboxylic acids is 1. The smallest absolute Gasteiger partial charge is 0.354 e. The van der Waals surface area contributed by atoms with Crippen LogP contribution in [0.3, 0.4) is 0 Å². The topological polar surface area (TPSA) is 107 Å². The Kier molecular flexibility index (Phi) is 1.97.